The molecule has 66 valence electrons. The Morgan fingerprint density at radius 3 is 2.18 bits per heavy atom. The Hall–Kier alpha value is 0.150. The van der Waals surface area contributed by atoms with Crippen molar-refractivity contribution < 1.29 is 8.78 Å². The zero-order chi connectivity index (χ0) is 8.54. The summed E-state index contributed by atoms with van der Waals surface area (Å²) >= 11 is 5.63. The topological polar surface area (TPSA) is 0 Å². The van der Waals surface area contributed by atoms with E-state index in [1.54, 1.807) is 0 Å². The molecule has 0 amide bonds. The highest BCUT2D eigenvalue weighted by molar-refractivity contribution is 6.18. The molecule has 0 unspecified atom stereocenters. The van der Waals surface area contributed by atoms with Crippen LogP contribution in [0.5, 0.6) is 0 Å². The highest BCUT2D eigenvalue weighted by Gasteiger charge is 2.55. The molecule has 11 heavy (non-hydrogen) atoms. The summed E-state index contributed by atoms with van der Waals surface area (Å²) < 4.78 is 25.0. The van der Waals surface area contributed by atoms with E-state index in [0.717, 1.165) is 12.8 Å². The highest BCUT2D eigenvalue weighted by atomic mass is 35.5. The highest BCUT2D eigenvalue weighted by Crippen LogP contribution is 2.54. The van der Waals surface area contributed by atoms with Crippen molar-refractivity contribution in [2.24, 2.45) is 5.41 Å². The molecule has 0 aromatic heterocycles. The summed E-state index contributed by atoms with van der Waals surface area (Å²) in [6, 6.07) is 0. The van der Waals surface area contributed by atoms with E-state index in [4.69, 9.17) is 11.6 Å². The van der Waals surface area contributed by atoms with Crippen LogP contribution in [-0.2, 0) is 0 Å². The van der Waals surface area contributed by atoms with Crippen LogP contribution in [0.25, 0.3) is 0 Å². The fraction of sp³-hybridized carbons (Fsp3) is 1.00. The lowest BCUT2D eigenvalue weighted by molar-refractivity contribution is -0.154. The first kappa shape index (κ1) is 9.24. The van der Waals surface area contributed by atoms with Gasteiger partial charge in [0.1, 0.15) is 0 Å². The molecule has 1 saturated carbocycles. The lowest BCUT2D eigenvalue weighted by Crippen LogP contribution is -2.47. The van der Waals surface area contributed by atoms with Crippen LogP contribution in [0.15, 0.2) is 0 Å². The van der Waals surface area contributed by atoms with Crippen molar-refractivity contribution in [3.05, 3.63) is 0 Å². The molecule has 0 aromatic carbocycles. The van der Waals surface area contributed by atoms with E-state index >= 15 is 0 Å². The minimum Gasteiger partial charge on any atom is -0.207 e. The third kappa shape index (κ3) is 1.84. The van der Waals surface area contributed by atoms with Gasteiger partial charge in [-0.15, -0.1) is 11.6 Å². The molecule has 1 aliphatic carbocycles. The maximum Gasteiger partial charge on any atom is 0.249 e. The third-order valence-electron chi connectivity index (χ3n) is 2.33. The second-order valence-electron chi connectivity index (χ2n) is 3.59. The Kier molecular flexibility index (Phi) is 2.43. The van der Waals surface area contributed by atoms with E-state index in [9.17, 15) is 8.78 Å². The molecule has 0 spiro atoms. The molecular weight excluding hydrogens is 170 g/mol. The first-order valence-corrected chi connectivity index (χ1v) is 4.51. The lowest BCUT2D eigenvalue weighted by atomic mass is 9.65. The van der Waals surface area contributed by atoms with E-state index in [0.29, 0.717) is 5.88 Å². The number of hydrogen-bond acceptors (Lipinski definition) is 0. The van der Waals surface area contributed by atoms with Gasteiger partial charge in [0, 0.05) is 18.7 Å². The molecule has 1 fully saturated rings. The zero-order valence-electron chi connectivity index (χ0n) is 6.67. The Labute approximate surface area is 70.9 Å². The standard InChI is InChI=1S/C8H13ClF2/c1-2-3-7(6-9)4-8(10,11)5-7/h2-6H2,1H3. The monoisotopic (exact) mass is 182 g/mol. The fourth-order valence-electron chi connectivity index (χ4n) is 1.91. The number of halogens is 3. The number of alkyl halides is 3. The molecule has 0 atom stereocenters. The smallest absolute Gasteiger partial charge is 0.207 e. The molecule has 0 nitrogen and oxygen atoms in total. The summed E-state index contributed by atoms with van der Waals surface area (Å²) in [6.07, 6.45) is 1.78. The Morgan fingerprint density at radius 2 is 1.91 bits per heavy atom. The van der Waals surface area contributed by atoms with Gasteiger partial charge in [0.2, 0.25) is 5.92 Å². The van der Waals surface area contributed by atoms with Gasteiger partial charge < -0.3 is 0 Å². The molecular formula is C8H13ClF2. The van der Waals surface area contributed by atoms with Gasteiger partial charge in [-0.25, -0.2) is 8.78 Å². The zero-order valence-corrected chi connectivity index (χ0v) is 7.43. The van der Waals surface area contributed by atoms with Gasteiger partial charge in [0.05, 0.1) is 0 Å². The van der Waals surface area contributed by atoms with E-state index in [-0.39, 0.29) is 18.3 Å². The van der Waals surface area contributed by atoms with Crippen molar-refractivity contribution in [2.45, 2.75) is 38.5 Å². The largest absolute Gasteiger partial charge is 0.249 e. The van der Waals surface area contributed by atoms with Crippen LogP contribution in [0.3, 0.4) is 0 Å². The van der Waals surface area contributed by atoms with Gasteiger partial charge >= 0.3 is 0 Å². The second kappa shape index (κ2) is 2.89. The van der Waals surface area contributed by atoms with Crippen molar-refractivity contribution >= 4 is 11.6 Å². The Balaban J connectivity index is 2.43. The summed E-state index contributed by atoms with van der Waals surface area (Å²) in [5.41, 5.74) is -0.236. The lowest BCUT2D eigenvalue weighted by Gasteiger charge is -2.46. The van der Waals surface area contributed by atoms with Gasteiger partial charge in [-0.1, -0.05) is 13.3 Å². The summed E-state index contributed by atoms with van der Waals surface area (Å²) in [5, 5.41) is 0. The van der Waals surface area contributed by atoms with Crippen molar-refractivity contribution in [3.8, 4) is 0 Å². The van der Waals surface area contributed by atoms with Crippen LogP contribution >= 0.6 is 11.6 Å². The Bertz CT molecular complexity index is 137. The van der Waals surface area contributed by atoms with Gasteiger partial charge in [0.25, 0.3) is 0 Å². The van der Waals surface area contributed by atoms with Crippen LogP contribution in [0.2, 0.25) is 0 Å². The first-order valence-electron chi connectivity index (χ1n) is 3.97. The molecule has 0 aromatic rings. The SMILES string of the molecule is CCCC1(CCl)CC(F)(F)C1. The number of hydrogen-bond donors (Lipinski definition) is 0. The Morgan fingerprint density at radius 1 is 1.36 bits per heavy atom. The van der Waals surface area contributed by atoms with Crippen LogP contribution in [0.1, 0.15) is 32.6 Å². The van der Waals surface area contributed by atoms with E-state index in [1.807, 2.05) is 6.92 Å². The van der Waals surface area contributed by atoms with E-state index in [2.05, 4.69) is 0 Å². The summed E-state index contributed by atoms with van der Waals surface area (Å²) in [5.74, 6) is -2.04. The van der Waals surface area contributed by atoms with Crippen LogP contribution in [0, 0.1) is 5.41 Å². The number of rotatable bonds is 3. The maximum absolute atomic E-state index is 12.5. The van der Waals surface area contributed by atoms with Gasteiger partial charge in [-0.2, -0.15) is 0 Å². The van der Waals surface area contributed by atoms with Gasteiger partial charge in [-0.3, -0.25) is 0 Å². The predicted octanol–water partition coefficient (Wildman–Crippen LogP) is 3.44. The normalized spacial score (nSPS) is 26.2. The summed E-state index contributed by atoms with van der Waals surface area (Å²) in [7, 11) is 0. The fourth-order valence-corrected chi connectivity index (χ4v) is 2.24. The van der Waals surface area contributed by atoms with Crippen LogP contribution < -0.4 is 0 Å². The van der Waals surface area contributed by atoms with E-state index < -0.39 is 5.92 Å². The van der Waals surface area contributed by atoms with Crippen LogP contribution in [0.4, 0.5) is 8.78 Å². The quantitative estimate of drug-likeness (QED) is 0.587. The summed E-state index contributed by atoms with van der Waals surface area (Å²) in [4.78, 5) is 0. The van der Waals surface area contributed by atoms with Crippen molar-refractivity contribution in [1.29, 1.82) is 0 Å². The molecule has 0 heterocycles. The summed E-state index contributed by atoms with van der Waals surface area (Å²) in [6.45, 7) is 2.00. The third-order valence-corrected chi connectivity index (χ3v) is 2.90. The average Bonchev–Trinajstić information content (AvgIpc) is 1.84. The maximum atomic E-state index is 12.5. The average molecular weight is 183 g/mol. The molecule has 1 rings (SSSR count). The van der Waals surface area contributed by atoms with Crippen molar-refractivity contribution in [1.82, 2.24) is 0 Å². The van der Waals surface area contributed by atoms with Gasteiger partial charge in [0.15, 0.2) is 0 Å². The minimum atomic E-state index is -2.43. The molecule has 0 saturated heterocycles. The molecule has 0 bridgehead atoms. The van der Waals surface area contributed by atoms with Crippen molar-refractivity contribution in [2.75, 3.05) is 5.88 Å². The van der Waals surface area contributed by atoms with Crippen molar-refractivity contribution in [3.63, 3.8) is 0 Å². The second-order valence-corrected chi connectivity index (χ2v) is 3.86. The molecule has 3 heteroatoms. The molecule has 0 N–H and O–H groups in total. The minimum absolute atomic E-state index is 0.00264. The van der Waals surface area contributed by atoms with Crippen LogP contribution in [-0.4, -0.2) is 11.8 Å². The first-order chi connectivity index (χ1) is 5.04. The molecule has 0 radical (unpaired) electrons. The molecule has 0 aliphatic heterocycles. The molecule has 1 aliphatic rings. The predicted molar refractivity (Wildman–Crippen MR) is 42.2 cm³/mol. The van der Waals surface area contributed by atoms with Gasteiger partial charge in [-0.05, 0) is 11.8 Å². The van der Waals surface area contributed by atoms with E-state index in [1.165, 1.54) is 0 Å².